The van der Waals surface area contributed by atoms with Crippen LogP contribution in [0.3, 0.4) is 0 Å². The molecule has 1 fully saturated rings. The Labute approximate surface area is 63.2 Å². The van der Waals surface area contributed by atoms with Crippen molar-refractivity contribution in [3.05, 3.63) is 0 Å². The second-order valence-corrected chi connectivity index (χ2v) is 2.64. The summed E-state index contributed by atoms with van der Waals surface area (Å²) in [6, 6.07) is 0. The summed E-state index contributed by atoms with van der Waals surface area (Å²) in [5, 5.41) is 17.7. The van der Waals surface area contributed by atoms with Gasteiger partial charge in [-0.3, -0.25) is 14.8 Å². The molecule has 0 spiro atoms. The summed E-state index contributed by atoms with van der Waals surface area (Å²) < 4.78 is 0. The molecule has 1 amide bonds. The van der Waals surface area contributed by atoms with Crippen LogP contribution in [0.5, 0.6) is 0 Å². The highest BCUT2D eigenvalue weighted by atomic mass is 16.5. The van der Waals surface area contributed by atoms with Crippen LogP contribution < -0.4 is 0 Å². The number of amides is 1. The molecule has 0 radical (unpaired) electrons. The van der Waals surface area contributed by atoms with Crippen LogP contribution in [0, 0.1) is 5.92 Å². The van der Waals surface area contributed by atoms with E-state index in [1.54, 1.807) is 0 Å². The van der Waals surface area contributed by atoms with Crippen LogP contribution in [0.25, 0.3) is 0 Å². The largest absolute Gasteiger partial charge is 0.481 e. The lowest BCUT2D eigenvalue weighted by atomic mass is 10.1. The van der Waals surface area contributed by atoms with Crippen LogP contribution >= 0.6 is 0 Å². The van der Waals surface area contributed by atoms with Gasteiger partial charge in [-0.05, 0) is 5.92 Å². The normalized spacial score (nSPS) is 24.3. The molecule has 1 aliphatic rings. The average molecular weight is 159 g/mol. The number of carboxylic acid groups (broad SMARTS) is 1. The molecule has 5 nitrogen and oxygen atoms in total. The Kier molecular flexibility index (Phi) is 2.09. The highest BCUT2D eigenvalue weighted by Gasteiger charge is 2.29. The van der Waals surface area contributed by atoms with Crippen molar-refractivity contribution in [2.24, 2.45) is 5.92 Å². The minimum atomic E-state index is -0.932. The van der Waals surface area contributed by atoms with Crippen molar-refractivity contribution in [2.75, 3.05) is 6.54 Å². The predicted octanol–water partition coefficient (Wildman–Crippen LogP) is -0.301. The van der Waals surface area contributed by atoms with Gasteiger partial charge >= 0.3 is 5.97 Å². The third-order valence-corrected chi connectivity index (χ3v) is 1.65. The summed E-state index contributed by atoms with van der Waals surface area (Å²) in [6.45, 7) is 0.144. The molecular weight excluding hydrogens is 150 g/mol. The fourth-order valence-corrected chi connectivity index (χ4v) is 1.15. The standard InChI is InChI=1S/C6H9NO4/c8-5-1-4(2-6(9)10)3-7(5)11/h4,11H,1-3H2,(H,9,10)/t4-/m1/s1. The van der Waals surface area contributed by atoms with E-state index in [0.717, 1.165) is 0 Å². The van der Waals surface area contributed by atoms with E-state index < -0.39 is 11.9 Å². The van der Waals surface area contributed by atoms with E-state index in [0.29, 0.717) is 5.06 Å². The fraction of sp³-hybridized carbons (Fsp3) is 0.667. The van der Waals surface area contributed by atoms with E-state index >= 15 is 0 Å². The summed E-state index contributed by atoms with van der Waals surface area (Å²) in [7, 11) is 0. The van der Waals surface area contributed by atoms with Gasteiger partial charge in [-0.2, -0.15) is 0 Å². The van der Waals surface area contributed by atoms with Gasteiger partial charge in [0.25, 0.3) is 0 Å². The van der Waals surface area contributed by atoms with Gasteiger partial charge < -0.3 is 5.11 Å². The van der Waals surface area contributed by atoms with Crippen LogP contribution in [0.15, 0.2) is 0 Å². The van der Waals surface area contributed by atoms with E-state index in [4.69, 9.17) is 10.3 Å². The van der Waals surface area contributed by atoms with Crippen LogP contribution in [0.1, 0.15) is 12.8 Å². The Bertz CT molecular complexity index is 189. The first-order valence-corrected chi connectivity index (χ1v) is 3.30. The van der Waals surface area contributed by atoms with Crippen LogP contribution in [0.4, 0.5) is 0 Å². The number of rotatable bonds is 2. The third kappa shape index (κ3) is 1.91. The van der Waals surface area contributed by atoms with Crippen LogP contribution in [-0.4, -0.2) is 33.8 Å². The molecule has 1 saturated heterocycles. The molecule has 0 aromatic heterocycles. The van der Waals surface area contributed by atoms with E-state index in [-0.39, 0.29) is 25.3 Å². The lowest BCUT2D eigenvalue weighted by Crippen LogP contribution is -2.20. The Morgan fingerprint density at radius 1 is 1.73 bits per heavy atom. The highest BCUT2D eigenvalue weighted by molar-refractivity contribution is 5.78. The average Bonchev–Trinajstić information content (AvgIpc) is 2.10. The molecule has 1 heterocycles. The zero-order chi connectivity index (χ0) is 8.43. The molecule has 0 unspecified atom stereocenters. The van der Waals surface area contributed by atoms with E-state index in [1.165, 1.54) is 0 Å². The van der Waals surface area contributed by atoms with Crippen molar-refractivity contribution < 1.29 is 19.9 Å². The third-order valence-electron chi connectivity index (χ3n) is 1.65. The second-order valence-electron chi connectivity index (χ2n) is 2.64. The van der Waals surface area contributed by atoms with Gasteiger partial charge in [0, 0.05) is 6.42 Å². The van der Waals surface area contributed by atoms with E-state index in [1.807, 2.05) is 0 Å². The Balaban J connectivity index is 2.41. The monoisotopic (exact) mass is 159 g/mol. The minimum Gasteiger partial charge on any atom is -0.481 e. The zero-order valence-electron chi connectivity index (χ0n) is 5.86. The molecule has 0 aliphatic carbocycles. The first kappa shape index (κ1) is 8.00. The number of hydrogen-bond donors (Lipinski definition) is 2. The van der Waals surface area contributed by atoms with Crippen LogP contribution in [-0.2, 0) is 9.59 Å². The van der Waals surface area contributed by atoms with Gasteiger partial charge in [0.15, 0.2) is 0 Å². The molecule has 11 heavy (non-hydrogen) atoms. The first-order chi connectivity index (χ1) is 5.09. The number of hydrogen-bond acceptors (Lipinski definition) is 3. The topological polar surface area (TPSA) is 77.8 Å². The van der Waals surface area contributed by atoms with Crippen LogP contribution in [0.2, 0.25) is 0 Å². The van der Waals surface area contributed by atoms with Gasteiger partial charge in [0.05, 0.1) is 13.0 Å². The molecular formula is C6H9NO4. The quantitative estimate of drug-likeness (QED) is 0.542. The summed E-state index contributed by atoms with van der Waals surface area (Å²) in [5.74, 6) is -1.56. The summed E-state index contributed by atoms with van der Waals surface area (Å²) in [6.07, 6.45) is 0.0889. The molecule has 1 aliphatic heterocycles. The molecule has 0 bridgehead atoms. The second kappa shape index (κ2) is 2.87. The number of carbonyl (C=O) groups excluding carboxylic acids is 1. The maximum Gasteiger partial charge on any atom is 0.303 e. The predicted molar refractivity (Wildman–Crippen MR) is 33.9 cm³/mol. The Hall–Kier alpha value is -1.10. The number of aliphatic carboxylic acids is 1. The van der Waals surface area contributed by atoms with Crippen molar-refractivity contribution in [2.45, 2.75) is 12.8 Å². The van der Waals surface area contributed by atoms with Crippen molar-refractivity contribution in [3.63, 3.8) is 0 Å². The lowest BCUT2D eigenvalue weighted by molar-refractivity contribution is -0.157. The summed E-state index contributed by atoms with van der Waals surface area (Å²) >= 11 is 0. The van der Waals surface area contributed by atoms with E-state index in [9.17, 15) is 9.59 Å². The van der Waals surface area contributed by atoms with Gasteiger partial charge in [-0.15, -0.1) is 0 Å². The molecule has 2 N–H and O–H groups in total. The first-order valence-electron chi connectivity index (χ1n) is 3.30. The molecule has 0 saturated carbocycles. The van der Waals surface area contributed by atoms with Gasteiger partial charge in [-0.25, -0.2) is 5.06 Å². The Morgan fingerprint density at radius 2 is 2.36 bits per heavy atom. The number of nitrogens with zero attached hydrogens (tertiary/aromatic N) is 1. The van der Waals surface area contributed by atoms with E-state index in [2.05, 4.69) is 0 Å². The fourth-order valence-electron chi connectivity index (χ4n) is 1.15. The maximum absolute atomic E-state index is 10.6. The summed E-state index contributed by atoms with van der Waals surface area (Å²) in [5.41, 5.74) is 0. The highest BCUT2D eigenvalue weighted by Crippen LogP contribution is 2.18. The van der Waals surface area contributed by atoms with Crippen molar-refractivity contribution >= 4 is 11.9 Å². The smallest absolute Gasteiger partial charge is 0.303 e. The molecule has 0 aromatic rings. The lowest BCUT2D eigenvalue weighted by Gasteiger charge is -2.04. The number of carboxylic acids is 1. The number of hydroxylamine groups is 2. The van der Waals surface area contributed by atoms with Gasteiger partial charge in [-0.1, -0.05) is 0 Å². The molecule has 5 heteroatoms. The molecule has 1 atom stereocenters. The SMILES string of the molecule is O=C(O)C[C@H]1CC(=O)N(O)C1. The van der Waals surface area contributed by atoms with Crippen molar-refractivity contribution in [1.82, 2.24) is 5.06 Å². The Morgan fingerprint density at radius 3 is 2.73 bits per heavy atom. The van der Waals surface area contributed by atoms with Crippen molar-refractivity contribution in [1.29, 1.82) is 0 Å². The summed E-state index contributed by atoms with van der Waals surface area (Å²) in [4.78, 5) is 20.8. The zero-order valence-corrected chi connectivity index (χ0v) is 5.86. The molecule has 1 rings (SSSR count). The van der Waals surface area contributed by atoms with Gasteiger partial charge in [0.1, 0.15) is 0 Å². The van der Waals surface area contributed by atoms with Gasteiger partial charge in [0.2, 0.25) is 5.91 Å². The molecule has 0 aromatic carbocycles. The van der Waals surface area contributed by atoms with Crippen molar-refractivity contribution in [3.8, 4) is 0 Å². The molecule has 62 valence electrons. The maximum atomic E-state index is 10.6. The minimum absolute atomic E-state index is 0.0528. The number of carbonyl (C=O) groups is 2.